The molecule has 31 heavy (non-hydrogen) atoms. The number of carbonyl (C=O) groups excluding carboxylic acids is 1. The normalized spacial score (nSPS) is 14.4. The lowest BCUT2D eigenvalue weighted by molar-refractivity contribution is -0.161. The monoisotopic (exact) mass is 436 g/mol. The highest BCUT2D eigenvalue weighted by molar-refractivity contribution is 5.99. The molecule has 0 saturated heterocycles. The van der Waals surface area contributed by atoms with Gasteiger partial charge in [-0.2, -0.15) is 13.2 Å². The van der Waals surface area contributed by atoms with Crippen LogP contribution in [0.25, 0.3) is 11.1 Å². The molecule has 0 bridgehead atoms. The first kappa shape index (κ1) is 23.0. The number of fused-ring (bicyclic) bond motifs is 3. The maximum absolute atomic E-state index is 12.6. The standard InChI is InChI=1S/C24H27F3O4/c1-5-6-7-8-15-12-18-20(21(28)19(15)22(29)30-13-24(25,26)27)16-11-14(2)9-10-17(16)23(3,4)31-18/h9-12,28H,5-8,13H2,1-4H3. The maximum Gasteiger partial charge on any atom is 0.422 e. The number of halogens is 3. The van der Waals surface area contributed by atoms with E-state index < -0.39 is 30.1 Å². The second-order valence-electron chi connectivity index (χ2n) is 8.44. The first-order chi connectivity index (χ1) is 14.4. The Balaban J connectivity index is 2.17. The zero-order valence-corrected chi connectivity index (χ0v) is 18.2. The van der Waals surface area contributed by atoms with Crippen LogP contribution in [0.15, 0.2) is 24.3 Å². The molecular weight excluding hydrogens is 409 g/mol. The number of aryl methyl sites for hydroxylation is 2. The summed E-state index contributed by atoms with van der Waals surface area (Å²) in [4.78, 5) is 12.6. The molecule has 0 aliphatic carbocycles. The third-order valence-corrected chi connectivity index (χ3v) is 5.43. The Morgan fingerprint density at radius 1 is 1.19 bits per heavy atom. The minimum absolute atomic E-state index is 0.227. The zero-order valence-electron chi connectivity index (χ0n) is 18.2. The van der Waals surface area contributed by atoms with Crippen LogP contribution in [0.5, 0.6) is 11.5 Å². The van der Waals surface area contributed by atoms with Crippen LogP contribution in [0.1, 0.15) is 67.1 Å². The van der Waals surface area contributed by atoms with E-state index in [1.54, 1.807) is 6.07 Å². The molecule has 0 radical (unpaired) electrons. The summed E-state index contributed by atoms with van der Waals surface area (Å²) < 4.78 is 48.5. The van der Waals surface area contributed by atoms with E-state index in [0.717, 1.165) is 24.0 Å². The van der Waals surface area contributed by atoms with E-state index in [4.69, 9.17) is 4.74 Å². The summed E-state index contributed by atoms with van der Waals surface area (Å²) in [7, 11) is 0. The fraction of sp³-hybridized carbons (Fsp3) is 0.458. The van der Waals surface area contributed by atoms with E-state index in [1.165, 1.54) is 0 Å². The molecule has 0 amide bonds. The summed E-state index contributed by atoms with van der Waals surface area (Å²) in [6, 6.07) is 7.34. The van der Waals surface area contributed by atoms with Crippen molar-refractivity contribution in [3.63, 3.8) is 0 Å². The van der Waals surface area contributed by atoms with E-state index in [9.17, 15) is 23.1 Å². The number of rotatable bonds is 6. The van der Waals surface area contributed by atoms with Crippen LogP contribution in [0, 0.1) is 6.92 Å². The summed E-state index contributed by atoms with van der Waals surface area (Å²) in [5.41, 5.74) is 2.26. The van der Waals surface area contributed by atoms with Crippen LogP contribution in [0.2, 0.25) is 0 Å². The molecule has 1 aliphatic heterocycles. The van der Waals surface area contributed by atoms with E-state index in [-0.39, 0.29) is 5.56 Å². The second-order valence-corrected chi connectivity index (χ2v) is 8.44. The minimum Gasteiger partial charge on any atom is -0.506 e. The Labute approximate surface area is 180 Å². The molecule has 4 nitrogen and oxygen atoms in total. The largest absolute Gasteiger partial charge is 0.506 e. The maximum atomic E-state index is 12.6. The summed E-state index contributed by atoms with van der Waals surface area (Å²) in [5, 5.41) is 11.1. The van der Waals surface area contributed by atoms with Gasteiger partial charge in [-0.25, -0.2) is 4.79 Å². The molecule has 0 atom stereocenters. The predicted octanol–water partition coefficient (Wildman–Crippen LogP) is 6.45. The van der Waals surface area contributed by atoms with Crippen LogP contribution in [0.4, 0.5) is 13.2 Å². The molecule has 7 heteroatoms. The number of ether oxygens (including phenoxy) is 2. The number of esters is 1. The van der Waals surface area contributed by atoms with Crippen LogP contribution >= 0.6 is 0 Å². The highest BCUT2D eigenvalue weighted by atomic mass is 19.4. The molecule has 0 aromatic heterocycles. The molecule has 1 heterocycles. The fourth-order valence-corrected chi connectivity index (χ4v) is 3.97. The summed E-state index contributed by atoms with van der Waals surface area (Å²) in [5.74, 6) is -1.19. The Hall–Kier alpha value is -2.70. The highest BCUT2D eigenvalue weighted by Crippen LogP contribution is 2.51. The van der Waals surface area contributed by atoms with Gasteiger partial charge in [-0.1, -0.05) is 43.5 Å². The molecule has 0 spiro atoms. The van der Waals surface area contributed by atoms with Crippen molar-refractivity contribution in [3.05, 3.63) is 46.5 Å². The van der Waals surface area contributed by atoms with Crippen molar-refractivity contribution >= 4 is 5.97 Å². The molecule has 3 rings (SSSR count). The zero-order chi connectivity index (χ0) is 23.0. The Morgan fingerprint density at radius 3 is 2.55 bits per heavy atom. The van der Waals surface area contributed by atoms with Gasteiger partial charge in [-0.15, -0.1) is 0 Å². The van der Waals surface area contributed by atoms with Gasteiger partial charge in [0.15, 0.2) is 6.61 Å². The topological polar surface area (TPSA) is 55.8 Å². The number of aromatic hydroxyl groups is 1. The first-order valence-corrected chi connectivity index (χ1v) is 10.4. The minimum atomic E-state index is -4.65. The first-order valence-electron chi connectivity index (χ1n) is 10.4. The van der Waals surface area contributed by atoms with Crippen molar-refractivity contribution in [3.8, 4) is 22.6 Å². The molecule has 2 aromatic carbocycles. The average Bonchev–Trinajstić information content (AvgIpc) is 2.65. The Morgan fingerprint density at radius 2 is 1.90 bits per heavy atom. The fourth-order valence-electron chi connectivity index (χ4n) is 3.97. The quantitative estimate of drug-likeness (QED) is 0.418. The van der Waals surface area contributed by atoms with E-state index in [1.807, 2.05) is 45.9 Å². The number of phenols is 1. The van der Waals surface area contributed by atoms with E-state index in [0.29, 0.717) is 35.3 Å². The van der Waals surface area contributed by atoms with Crippen molar-refractivity contribution in [2.45, 2.75) is 65.2 Å². The van der Waals surface area contributed by atoms with Crippen molar-refractivity contribution in [1.29, 1.82) is 0 Å². The number of alkyl halides is 3. The summed E-state index contributed by atoms with van der Waals surface area (Å²) in [6.07, 6.45) is -1.72. The molecule has 0 fully saturated rings. The van der Waals surface area contributed by atoms with Gasteiger partial charge in [-0.3, -0.25) is 0 Å². The third-order valence-electron chi connectivity index (χ3n) is 5.43. The van der Waals surface area contributed by atoms with Gasteiger partial charge in [0.2, 0.25) is 0 Å². The summed E-state index contributed by atoms with van der Waals surface area (Å²) in [6.45, 7) is 6.02. The molecule has 1 aliphatic rings. The number of hydrogen-bond donors (Lipinski definition) is 1. The van der Waals surface area contributed by atoms with Crippen LogP contribution in [0.3, 0.4) is 0 Å². The second kappa shape index (κ2) is 8.44. The SMILES string of the molecule is CCCCCc1cc2c(c(O)c1C(=O)OCC(F)(F)F)-c1cc(C)ccc1C(C)(C)O2. The number of hydrogen-bond acceptors (Lipinski definition) is 4. The van der Waals surface area contributed by atoms with E-state index >= 15 is 0 Å². The number of unbranched alkanes of at least 4 members (excludes halogenated alkanes) is 2. The molecule has 0 unspecified atom stereocenters. The predicted molar refractivity (Wildman–Crippen MR) is 112 cm³/mol. The molecule has 1 N–H and O–H groups in total. The van der Waals surface area contributed by atoms with Gasteiger partial charge in [0.05, 0.1) is 5.56 Å². The van der Waals surface area contributed by atoms with Crippen molar-refractivity contribution in [1.82, 2.24) is 0 Å². The molecule has 2 aromatic rings. The lowest BCUT2D eigenvalue weighted by Crippen LogP contribution is -2.30. The molecular formula is C24H27F3O4. The van der Waals surface area contributed by atoms with Crippen molar-refractivity contribution in [2.24, 2.45) is 0 Å². The van der Waals surface area contributed by atoms with Crippen molar-refractivity contribution < 1.29 is 32.5 Å². The Kier molecular flexibility index (Phi) is 6.25. The van der Waals surface area contributed by atoms with Gasteiger partial charge < -0.3 is 14.6 Å². The van der Waals surface area contributed by atoms with Gasteiger partial charge in [0.1, 0.15) is 22.7 Å². The van der Waals surface area contributed by atoms with Crippen LogP contribution in [-0.4, -0.2) is 23.9 Å². The molecule has 0 saturated carbocycles. The highest BCUT2D eigenvalue weighted by Gasteiger charge is 2.37. The van der Waals surface area contributed by atoms with Gasteiger partial charge in [-0.05, 0) is 50.8 Å². The lowest BCUT2D eigenvalue weighted by atomic mass is 9.83. The number of phenolic OH excluding ortho intramolecular Hbond substituents is 1. The van der Waals surface area contributed by atoms with Gasteiger partial charge in [0, 0.05) is 5.56 Å². The molecule has 168 valence electrons. The number of carbonyl (C=O) groups is 1. The van der Waals surface area contributed by atoms with E-state index in [2.05, 4.69) is 4.74 Å². The average molecular weight is 436 g/mol. The third kappa shape index (κ3) is 4.81. The smallest absolute Gasteiger partial charge is 0.422 e. The van der Waals surface area contributed by atoms with Gasteiger partial charge in [0.25, 0.3) is 0 Å². The number of benzene rings is 2. The van der Waals surface area contributed by atoms with Crippen LogP contribution < -0.4 is 4.74 Å². The van der Waals surface area contributed by atoms with Crippen molar-refractivity contribution in [2.75, 3.05) is 6.61 Å². The van der Waals surface area contributed by atoms with Gasteiger partial charge >= 0.3 is 12.1 Å². The van der Waals surface area contributed by atoms with Crippen LogP contribution in [-0.2, 0) is 16.8 Å². The lowest BCUT2D eigenvalue weighted by Gasteiger charge is -2.36. The summed E-state index contributed by atoms with van der Waals surface area (Å²) >= 11 is 0. The Bertz CT molecular complexity index is 993.